The van der Waals surface area contributed by atoms with Crippen molar-refractivity contribution < 1.29 is 18.7 Å². The van der Waals surface area contributed by atoms with Gasteiger partial charge in [0, 0.05) is 17.7 Å². The monoisotopic (exact) mass is 309 g/mol. The summed E-state index contributed by atoms with van der Waals surface area (Å²) in [5.74, 6) is -0.313. The van der Waals surface area contributed by atoms with E-state index in [1.807, 2.05) is 6.92 Å². The third kappa shape index (κ3) is 2.52. The molecular formula is C15H16FNO3S. The second-order valence-corrected chi connectivity index (χ2v) is 6.97. The van der Waals surface area contributed by atoms with Crippen molar-refractivity contribution in [3.05, 3.63) is 35.6 Å². The van der Waals surface area contributed by atoms with Gasteiger partial charge in [-0.3, -0.25) is 4.79 Å². The van der Waals surface area contributed by atoms with Crippen molar-refractivity contribution in [2.24, 2.45) is 0 Å². The molecule has 1 aromatic carbocycles. The molecule has 0 radical (unpaired) electrons. The Hall–Kier alpha value is -1.56. The van der Waals surface area contributed by atoms with E-state index in [4.69, 9.17) is 4.74 Å². The fourth-order valence-electron chi connectivity index (χ4n) is 2.86. The van der Waals surface area contributed by atoms with E-state index in [0.29, 0.717) is 17.7 Å². The molecule has 2 aliphatic heterocycles. The van der Waals surface area contributed by atoms with Gasteiger partial charge in [0.25, 0.3) is 0 Å². The number of hydrogen-bond donors (Lipinski definition) is 0. The van der Waals surface area contributed by atoms with Crippen molar-refractivity contribution in [3.63, 3.8) is 0 Å². The predicted octanol–water partition coefficient (Wildman–Crippen LogP) is 2.32. The van der Waals surface area contributed by atoms with Crippen LogP contribution in [-0.4, -0.2) is 33.4 Å². The molecule has 1 amide bonds. The SMILES string of the molecule is CC12CCC(=O)N1C(C(=O)OCc1ccccc1F)CS2. The summed E-state index contributed by atoms with van der Waals surface area (Å²) in [6, 6.07) is 5.63. The molecule has 0 aromatic heterocycles. The summed E-state index contributed by atoms with van der Waals surface area (Å²) in [7, 11) is 0. The second-order valence-electron chi connectivity index (χ2n) is 5.46. The highest BCUT2D eigenvalue weighted by atomic mass is 32.2. The van der Waals surface area contributed by atoms with Crippen molar-refractivity contribution in [1.29, 1.82) is 0 Å². The molecule has 2 fully saturated rings. The smallest absolute Gasteiger partial charge is 0.330 e. The van der Waals surface area contributed by atoms with Gasteiger partial charge in [-0.1, -0.05) is 18.2 Å². The highest BCUT2D eigenvalue weighted by Crippen LogP contribution is 2.47. The molecule has 0 spiro atoms. The van der Waals surface area contributed by atoms with Crippen LogP contribution in [-0.2, 0) is 20.9 Å². The number of halogens is 1. The van der Waals surface area contributed by atoms with E-state index in [0.717, 1.165) is 6.42 Å². The first-order valence-corrected chi connectivity index (χ1v) is 7.86. The summed E-state index contributed by atoms with van der Waals surface area (Å²) in [5, 5.41) is 0. The summed E-state index contributed by atoms with van der Waals surface area (Å²) >= 11 is 1.61. The maximum atomic E-state index is 13.5. The average Bonchev–Trinajstić information content (AvgIpc) is 2.95. The molecule has 1 aromatic rings. The Morgan fingerprint density at radius 3 is 3.05 bits per heavy atom. The number of carbonyl (C=O) groups is 2. The summed E-state index contributed by atoms with van der Waals surface area (Å²) in [4.78, 5) is 25.5. The Bertz CT molecular complexity index is 594. The Balaban J connectivity index is 1.67. The fraction of sp³-hybridized carbons (Fsp3) is 0.467. The van der Waals surface area contributed by atoms with E-state index >= 15 is 0 Å². The van der Waals surface area contributed by atoms with Crippen molar-refractivity contribution in [3.8, 4) is 0 Å². The van der Waals surface area contributed by atoms with Crippen LogP contribution in [0.4, 0.5) is 4.39 Å². The van der Waals surface area contributed by atoms with Gasteiger partial charge in [-0.05, 0) is 19.4 Å². The quantitative estimate of drug-likeness (QED) is 0.804. The van der Waals surface area contributed by atoms with Gasteiger partial charge in [0.2, 0.25) is 5.91 Å². The van der Waals surface area contributed by atoms with Gasteiger partial charge in [-0.25, -0.2) is 9.18 Å². The molecule has 0 aliphatic carbocycles. The topological polar surface area (TPSA) is 46.6 Å². The number of hydrogen-bond acceptors (Lipinski definition) is 4. The third-order valence-corrected chi connectivity index (χ3v) is 5.55. The first-order valence-electron chi connectivity index (χ1n) is 6.87. The van der Waals surface area contributed by atoms with E-state index in [1.165, 1.54) is 6.07 Å². The zero-order valence-electron chi connectivity index (χ0n) is 11.7. The van der Waals surface area contributed by atoms with Crippen LogP contribution in [0, 0.1) is 5.82 Å². The average molecular weight is 309 g/mol. The molecule has 2 atom stereocenters. The van der Waals surface area contributed by atoms with Gasteiger partial charge in [-0.2, -0.15) is 0 Å². The van der Waals surface area contributed by atoms with Crippen LogP contribution in [0.5, 0.6) is 0 Å². The number of amides is 1. The Morgan fingerprint density at radius 1 is 1.52 bits per heavy atom. The standard InChI is InChI=1S/C15H16FNO3S/c1-15-7-6-13(18)17(15)12(9-21-15)14(19)20-8-10-4-2-3-5-11(10)16/h2-5,12H,6-9H2,1H3. The summed E-state index contributed by atoms with van der Waals surface area (Å²) in [6.45, 7) is 1.87. The lowest BCUT2D eigenvalue weighted by molar-refractivity contribution is -0.154. The molecule has 0 saturated carbocycles. The van der Waals surface area contributed by atoms with Crippen LogP contribution in [0.1, 0.15) is 25.3 Å². The van der Waals surface area contributed by atoms with Gasteiger partial charge in [0.1, 0.15) is 18.5 Å². The van der Waals surface area contributed by atoms with Crippen LogP contribution in [0.2, 0.25) is 0 Å². The van der Waals surface area contributed by atoms with Crippen molar-refractivity contribution in [2.45, 2.75) is 37.3 Å². The van der Waals surface area contributed by atoms with Gasteiger partial charge in [0.15, 0.2) is 0 Å². The normalized spacial score (nSPS) is 27.8. The summed E-state index contributed by atoms with van der Waals surface area (Å²) in [5.41, 5.74) is 0.340. The number of carbonyl (C=O) groups excluding carboxylic acids is 2. The molecule has 6 heteroatoms. The molecular weight excluding hydrogens is 293 g/mol. The van der Waals surface area contributed by atoms with Gasteiger partial charge in [-0.15, -0.1) is 11.8 Å². The minimum atomic E-state index is -0.554. The van der Waals surface area contributed by atoms with Crippen LogP contribution in [0.15, 0.2) is 24.3 Å². The molecule has 2 aliphatic rings. The van der Waals surface area contributed by atoms with E-state index in [2.05, 4.69) is 0 Å². The number of ether oxygens (including phenoxy) is 1. The second kappa shape index (κ2) is 5.33. The van der Waals surface area contributed by atoms with Crippen LogP contribution >= 0.6 is 11.8 Å². The molecule has 21 heavy (non-hydrogen) atoms. The highest BCUT2D eigenvalue weighted by Gasteiger charge is 2.53. The lowest BCUT2D eigenvalue weighted by Gasteiger charge is -2.29. The van der Waals surface area contributed by atoms with Crippen LogP contribution < -0.4 is 0 Å². The van der Waals surface area contributed by atoms with Crippen molar-refractivity contribution >= 4 is 23.6 Å². The minimum Gasteiger partial charge on any atom is -0.459 e. The molecule has 0 bridgehead atoms. The molecule has 112 valence electrons. The van der Waals surface area contributed by atoms with E-state index in [1.54, 1.807) is 34.9 Å². The first kappa shape index (κ1) is 14.4. The Labute approximate surface area is 126 Å². The van der Waals surface area contributed by atoms with Gasteiger partial charge in [0.05, 0.1) is 4.87 Å². The minimum absolute atomic E-state index is 0.00431. The number of benzene rings is 1. The molecule has 3 rings (SSSR count). The fourth-order valence-corrected chi connectivity index (χ4v) is 4.27. The number of fused-ring (bicyclic) bond motifs is 1. The van der Waals surface area contributed by atoms with E-state index in [9.17, 15) is 14.0 Å². The number of esters is 1. The highest BCUT2D eigenvalue weighted by molar-refractivity contribution is 8.01. The number of nitrogens with zero attached hydrogens (tertiary/aromatic N) is 1. The number of thioether (sulfide) groups is 1. The molecule has 4 nitrogen and oxygen atoms in total. The maximum absolute atomic E-state index is 13.5. The first-order chi connectivity index (χ1) is 10.0. The lowest BCUT2D eigenvalue weighted by atomic mass is 10.2. The Morgan fingerprint density at radius 2 is 2.29 bits per heavy atom. The molecule has 2 heterocycles. The molecule has 2 saturated heterocycles. The molecule has 0 N–H and O–H groups in total. The van der Waals surface area contributed by atoms with E-state index in [-0.39, 0.29) is 17.4 Å². The third-order valence-electron chi connectivity index (χ3n) is 4.04. The van der Waals surface area contributed by atoms with Gasteiger partial charge >= 0.3 is 5.97 Å². The van der Waals surface area contributed by atoms with E-state index < -0.39 is 17.8 Å². The maximum Gasteiger partial charge on any atom is 0.330 e. The predicted molar refractivity (Wildman–Crippen MR) is 76.9 cm³/mol. The summed E-state index contributed by atoms with van der Waals surface area (Å²) < 4.78 is 18.7. The van der Waals surface area contributed by atoms with Crippen molar-refractivity contribution in [2.75, 3.05) is 5.75 Å². The number of rotatable bonds is 3. The molecule has 2 unspecified atom stereocenters. The largest absolute Gasteiger partial charge is 0.459 e. The van der Waals surface area contributed by atoms with Crippen molar-refractivity contribution in [1.82, 2.24) is 4.90 Å². The Kier molecular flexibility index (Phi) is 3.65. The van der Waals surface area contributed by atoms with Crippen LogP contribution in [0.3, 0.4) is 0 Å². The zero-order valence-corrected chi connectivity index (χ0v) is 12.5. The zero-order chi connectivity index (χ0) is 15.0. The lowest BCUT2D eigenvalue weighted by Crippen LogP contribution is -2.46. The van der Waals surface area contributed by atoms with Gasteiger partial charge < -0.3 is 9.64 Å². The van der Waals surface area contributed by atoms with Crippen LogP contribution in [0.25, 0.3) is 0 Å². The summed E-state index contributed by atoms with van der Waals surface area (Å²) in [6.07, 6.45) is 1.23.